The Labute approximate surface area is 97.5 Å². The van der Waals surface area contributed by atoms with Crippen LogP contribution in [0.1, 0.15) is 26.7 Å². The predicted molar refractivity (Wildman–Crippen MR) is 62.1 cm³/mol. The SMILES string of the molecule is CCN(CC)C(=O)[C@@H]1CC[C@H](CN)O1.Cl. The second-order valence-corrected chi connectivity index (χ2v) is 3.57. The van der Waals surface area contributed by atoms with Gasteiger partial charge in [0.15, 0.2) is 0 Å². The van der Waals surface area contributed by atoms with Crippen molar-refractivity contribution in [3.63, 3.8) is 0 Å². The van der Waals surface area contributed by atoms with Crippen molar-refractivity contribution < 1.29 is 9.53 Å². The molecular formula is C10H21ClN2O2. The van der Waals surface area contributed by atoms with E-state index in [1.807, 2.05) is 18.7 Å². The first-order valence-electron chi connectivity index (χ1n) is 5.37. The Morgan fingerprint density at radius 2 is 2.00 bits per heavy atom. The molecule has 5 heteroatoms. The van der Waals surface area contributed by atoms with Gasteiger partial charge in [-0.05, 0) is 26.7 Å². The fourth-order valence-corrected chi connectivity index (χ4v) is 1.80. The maximum absolute atomic E-state index is 11.8. The smallest absolute Gasteiger partial charge is 0.251 e. The molecule has 1 aliphatic heterocycles. The molecule has 0 aliphatic carbocycles. The van der Waals surface area contributed by atoms with Gasteiger partial charge in [0.25, 0.3) is 5.91 Å². The first-order chi connectivity index (χ1) is 6.72. The number of halogens is 1. The molecule has 1 fully saturated rings. The molecule has 0 aromatic heterocycles. The van der Waals surface area contributed by atoms with E-state index in [1.165, 1.54) is 0 Å². The van der Waals surface area contributed by atoms with E-state index in [-0.39, 0.29) is 30.5 Å². The number of hydrogen-bond donors (Lipinski definition) is 1. The summed E-state index contributed by atoms with van der Waals surface area (Å²) in [6, 6.07) is 0. The van der Waals surface area contributed by atoms with Gasteiger partial charge < -0.3 is 15.4 Å². The minimum atomic E-state index is -0.247. The van der Waals surface area contributed by atoms with E-state index in [1.54, 1.807) is 0 Å². The number of nitrogens with two attached hydrogens (primary N) is 1. The molecule has 0 unspecified atom stereocenters. The van der Waals surface area contributed by atoms with Crippen LogP contribution in [-0.4, -0.2) is 42.6 Å². The van der Waals surface area contributed by atoms with Gasteiger partial charge in [0.05, 0.1) is 6.10 Å². The number of likely N-dealkylation sites (N-methyl/N-ethyl adjacent to an activating group) is 1. The number of carbonyl (C=O) groups is 1. The zero-order valence-electron chi connectivity index (χ0n) is 9.44. The Hall–Kier alpha value is -0.320. The van der Waals surface area contributed by atoms with Crippen LogP contribution in [-0.2, 0) is 9.53 Å². The minimum Gasteiger partial charge on any atom is -0.364 e. The van der Waals surface area contributed by atoms with E-state index in [0.717, 1.165) is 25.9 Å². The number of hydrogen-bond acceptors (Lipinski definition) is 3. The third kappa shape index (κ3) is 3.63. The second-order valence-electron chi connectivity index (χ2n) is 3.57. The average Bonchev–Trinajstić information content (AvgIpc) is 2.67. The van der Waals surface area contributed by atoms with Gasteiger partial charge in [-0.3, -0.25) is 4.79 Å². The van der Waals surface area contributed by atoms with Crippen LogP contribution in [0.15, 0.2) is 0 Å². The lowest BCUT2D eigenvalue weighted by Gasteiger charge is -2.22. The Morgan fingerprint density at radius 1 is 1.40 bits per heavy atom. The van der Waals surface area contributed by atoms with Crippen molar-refractivity contribution in [1.82, 2.24) is 4.90 Å². The number of rotatable bonds is 4. The molecule has 0 saturated carbocycles. The first-order valence-corrected chi connectivity index (χ1v) is 5.37. The highest BCUT2D eigenvalue weighted by atomic mass is 35.5. The van der Waals surface area contributed by atoms with Gasteiger partial charge in [-0.25, -0.2) is 0 Å². The van der Waals surface area contributed by atoms with Gasteiger partial charge in [0, 0.05) is 19.6 Å². The van der Waals surface area contributed by atoms with E-state index in [9.17, 15) is 4.79 Å². The first kappa shape index (κ1) is 14.7. The van der Waals surface area contributed by atoms with Crippen LogP contribution in [0, 0.1) is 0 Å². The maximum Gasteiger partial charge on any atom is 0.251 e. The Kier molecular flexibility index (Phi) is 6.89. The summed E-state index contributed by atoms with van der Waals surface area (Å²) in [6.45, 7) is 5.99. The third-order valence-electron chi connectivity index (χ3n) is 2.72. The van der Waals surface area contributed by atoms with Crippen LogP contribution >= 0.6 is 12.4 Å². The van der Waals surface area contributed by atoms with E-state index in [0.29, 0.717) is 6.54 Å². The largest absolute Gasteiger partial charge is 0.364 e. The molecular weight excluding hydrogens is 216 g/mol. The van der Waals surface area contributed by atoms with Gasteiger partial charge in [-0.1, -0.05) is 0 Å². The quantitative estimate of drug-likeness (QED) is 0.785. The van der Waals surface area contributed by atoms with Crippen molar-refractivity contribution in [2.24, 2.45) is 5.73 Å². The van der Waals surface area contributed by atoms with E-state index in [2.05, 4.69) is 0 Å². The molecule has 1 amide bonds. The number of nitrogens with zero attached hydrogens (tertiary/aromatic N) is 1. The summed E-state index contributed by atoms with van der Waals surface area (Å²) in [6.07, 6.45) is 1.56. The standard InChI is InChI=1S/C10H20N2O2.ClH/c1-3-12(4-2)10(13)9-6-5-8(7-11)14-9;/h8-9H,3-7,11H2,1-2H3;1H/t8-,9+;/m1./s1. The number of ether oxygens (including phenoxy) is 1. The Morgan fingerprint density at radius 3 is 2.40 bits per heavy atom. The second kappa shape index (κ2) is 7.04. The normalized spacial score (nSPS) is 24.7. The topological polar surface area (TPSA) is 55.6 Å². The maximum atomic E-state index is 11.8. The minimum absolute atomic E-state index is 0. The molecule has 0 aromatic rings. The lowest BCUT2D eigenvalue weighted by atomic mass is 10.2. The van der Waals surface area contributed by atoms with Gasteiger partial charge in [0.1, 0.15) is 6.10 Å². The molecule has 15 heavy (non-hydrogen) atoms. The highest BCUT2D eigenvalue weighted by molar-refractivity contribution is 5.85. The van der Waals surface area contributed by atoms with Crippen LogP contribution in [0.4, 0.5) is 0 Å². The van der Waals surface area contributed by atoms with Crippen molar-refractivity contribution in [2.75, 3.05) is 19.6 Å². The molecule has 1 saturated heterocycles. The lowest BCUT2D eigenvalue weighted by molar-refractivity contribution is -0.142. The van der Waals surface area contributed by atoms with Crippen LogP contribution in [0.25, 0.3) is 0 Å². The molecule has 1 rings (SSSR count). The summed E-state index contributed by atoms with van der Waals surface area (Å²) in [5.74, 6) is 0.117. The fourth-order valence-electron chi connectivity index (χ4n) is 1.80. The van der Waals surface area contributed by atoms with Crippen LogP contribution < -0.4 is 5.73 Å². The molecule has 4 nitrogen and oxygen atoms in total. The predicted octanol–water partition coefficient (Wildman–Crippen LogP) is 0.783. The molecule has 90 valence electrons. The van der Waals surface area contributed by atoms with Gasteiger partial charge in [-0.15, -0.1) is 12.4 Å². The summed E-state index contributed by atoms with van der Waals surface area (Å²) >= 11 is 0. The molecule has 2 atom stereocenters. The zero-order valence-corrected chi connectivity index (χ0v) is 10.3. The van der Waals surface area contributed by atoms with Gasteiger partial charge >= 0.3 is 0 Å². The lowest BCUT2D eigenvalue weighted by Crippen LogP contribution is -2.39. The summed E-state index contributed by atoms with van der Waals surface area (Å²) in [5, 5.41) is 0. The molecule has 1 aliphatic rings. The number of amides is 1. The van der Waals surface area contributed by atoms with Gasteiger partial charge in [-0.2, -0.15) is 0 Å². The summed E-state index contributed by atoms with van der Waals surface area (Å²) in [4.78, 5) is 13.6. The van der Waals surface area contributed by atoms with Crippen molar-refractivity contribution >= 4 is 18.3 Å². The van der Waals surface area contributed by atoms with Crippen molar-refractivity contribution in [3.05, 3.63) is 0 Å². The summed E-state index contributed by atoms with van der Waals surface area (Å²) < 4.78 is 5.54. The van der Waals surface area contributed by atoms with Crippen molar-refractivity contribution in [2.45, 2.75) is 38.9 Å². The van der Waals surface area contributed by atoms with E-state index >= 15 is 0 Å². The summed E-state index contributed by atoms with van der Waals surface area (Å²) in [5.41, 5.74) is 5.49. The highest BCUT2D eigenvalue weighted by Gasteiger charge is 2.31. The van der Waals surface area contributed by atoms with Crippen molar-refractivity contribution in [1.29, 1.82) is 0 Å². The zero-order chi connectivity index (χ0) is 10.6. The monoisotopic (exact) mass is 236 g/mol. The Bertz CT molecular complexity index is 198. The highest BCUT2D eigenvalue weighted by Crippen LogP contribution is 2.20. The molecule has 1 heterocycles. The van der Waals surface area contributed by atoms with E-state index < -0.39 is 0 Å². The average molecular weight is 237 g/mol. The molecule has 0 radical (unpaired) electrons. The Balaban J connectivity index is 0.00000196. The molecule has 0 spiro atoms. The van der Waals surface area contributed by atoms with Crippen LogP contribution in [0.3, 0.4) is 0 Å². The molecule has 2 N–H and O–H groups in total. The van der Waals surface area contributed by atoms with Gasteiger partial charge in [0.2, 0.25) is 0 Å². The van der Waals surface area contributed by atoms with Crippen LogP contribution in [0.5, 0.6) is 0 Å². The molecule has 0 aromatic carbocycles. The van der Waals surface area contributed by atoms with Crippen LogP contribution in [0.2, 0.25) is 0 Å². The van der Waals surface area contributed by atoms with E-state index in [4.69, 9.17) is 10.5 Å². The van der Waals surface area contributed by atoms with Crippen molar-refractivity contribution in [3.8, 4) is 0 Å². The third-order valence-corrected chi connectivity index (χ3v) is 2.72. The fraction of sp³-hybridized carbons (Fsp3) is 0.900. The molecule has 0 bridgehead atoms. The number of carbonyl (C=O) groups excluding carboxylic acids is 1. The summed E-state index contributed by atoms with van der Waals surface area (Å²) in [7, 11) is 0.